The standard InChI is InChI=1S/C25H21N5O4/c1-16-5-9-18(10-6-16)26-25(32)27-19-11-14-21-22(15-19)24(31)29-28-23(21)4-2-3-17-7-12-20(13-8-17)30(33)34/h2-3,5-15H,4H2,1H3,(H,29,31)(H2,26,27,32). The van der Waals surface area contributed by atoms with E-state index in [1.807, 2.05) is 43.3 Å². The normalized spacial score (nSPS) is 11.0. The summed E-state index contributed by atoms with van der Waals surface area (Å²) in [5, 5.41) is 24.0. The Labute approximate surface area is 194 Å². The van der Waals surface area contributed by atoms with Gasteiger partial charge < -0.3 is 10.6 Å². The van der Waals surface area contributed by atoms with Crippen molar-refractivity contribution in [3.05, 3.63) is 110 Å². The smallest absolute Gasteiger partial charge is 0.308 e. The summed E-state index contributed by atoms with van der Waals surface area (Å²) in [7, 11) is 0. The molecule has 3 aromatic carbocycles. The largest absolute Gasteiger partial charge is 0.323 e. The summed E-state index contributed by atoms with van der Waals surface area (Å²) in [5.41, 5.74) is 3.36. The van der Waals surface area contributed by atoms with Crippen LogP contribution in [0.25, 0.3) is 16.8 Å². The molecule has 0 saturated carbocycles. The summed E-state index contributed by atoms with van der Waals surface area (Å²) in [6, 6.07) is 18.3. The number of non-ortho nitro benzene ring substituents is 1. The van der Waals surface area contributed by atoms with Crippen molar-refractivity contribution in [3.63, 3.8) is 0 Å². The number of nitrogens with one attached hydrogen (secondary N) is 3. The van der Waals surface area contributed by atoms with Gasteiger partial charge in [-0.3, -0.25) is 14.9 Å². The molecule has 9 nitrogen and oxygen atoms in total. The van der Waals surface area contributed by atoms with Gasteiger partial charge in [0.2, 0.25) is 0 Å². The molecule has 0 atom stereocenters. The summed E-state index contributed by atoms with van der Waals surface area (Å²) in [6.45, 7) is 1.96. The van der Waals surface area contributed by atoms with Crippen molar-refractivity contribution in [1.29, 1.82) is 0 Å². The number of aromatic amines is 1. The Balaban J connectivity index is 1.48. The van der Waals surface area contributed by atoms with E-state index in [4.69, 9.17) is 0 Å². The number of rotatable bonds is 6. The number of allylic oxidation sites excluding steroid dienone is 1. The maximum Gasteiger partial charge on any atom is 0.323 e. The van der Waals surface area contributed by atoms with Crippen LogP contribution < -0.4 is 16.2 Å². The van der Waals surface area contributed by atoms with Crippen LogP contribution in [0.3, 0.4) is 0 Å². The maximum absolute atomic E-state index is 12.4. The van der Waals surface area contributed by atoms with E-state index in [2.05, 4.69) is 20.8 Å². The van der Waals surface area contributed by atoms with Gasteiger partial charge >= 0.3 is 6.03 Å². The van der Waals surface area contributed by atoms with Crippen LogP contribution in [-0.4, -0.2) is 21.2 Å². The number of benzene rings is 3. The number of nitro groups is 1. The number of H-pyrrole nitrogens is 1. The van der Waals surface area contributed by atoms with Crippen LogP contribution in [0.2, 0.25) is 0 Å². The van der Waals surface area contributed by atoms with Crippen molar-refractivity contribution in [2.45, 2.75) is 13.3 Å². The van der Waals surface area contributed by atoms with E-state index in [0.717, 1.165) is 11.1 Å². The molecule has 0 aliphatic heterocycles. The molecular weight excluding hydrogens is 434 g/mol. The van der Waals surface area contributed by atoms with Gasteiger partial charge in [-0.15, -0.1) is 0 Å². The van der Waals surface area contributed by atoms with Crippen LogP contribution in [0.15, 0.2) is 77.6 Å². The molecule has 9 heteroatoms. The molecule has 0 aliphatic rings. The third-order valence-corrected chi connectivity index (χ3v) is 5.16. The Morgan fingerprint density at radius 2 is 1.68 bits per heavy atom. The van der Waals surface area contributed by atoms with E-state index in [1.54, 1.807) is 30.3 Å². The van der Waals surface area contributed by atoms with E-state index in [-0.39, 0.29) is 11.2 Å². The van der Waals surface area contributed by atoms with Gasteiger partial charge in [-0.05, 0) is 48.9 Å². The lowest BCUT2D eigenvalue weighted by Crippen LogP contribution is -2.19. The van der Waals surface area contributed by atoms with E-state index >= 15 is 0 Å². The minimum Gasteiger partial charge on any atom is -0.308 e. The Hall–Kier alpha value is -4.79. The lowest BCUT2D eigenvalue weighted by molar-refractivity contribution is -0.384. The van der Waals surface area contributed by atoms with Crippen molar-refractivity contribution >= 4 is 39.9 Å². The van der Waals surface area contributed by atoms with Crippen LogP contribution in [0, 0.1) is 17.0 Å². The van der Waals surface area contributed by atoms with Gasteiger partial charge in [0.15, 0.2) is 0 Å². The molecule has 2 amide bonds. The number of carbonyl (C=O) groups excluding carboxylic acids is 1. The average molecular weight is 455 g/mol. The molecule has 1 heterocycles. The van der Waals surface area contributed by atoms with Crippen molar-refractivity contribution in [2.75, 3.05) is 10.6 Å². The summed E-state index contributed by atoms with van der Waals surface area (Å²) < 4.78 is 0. The van der Waals surface area contributed by atoms with Gasteiger partial charge in [0, 0.05) is 35.3 Å². The molecule has 0 saturated heterocycles. The first-order valence-corrected chi connectivity index (χ1v) is 10.5. The third-order valence-electron chi connectivity index (χ3n) is 5.16. The SMILES string of the molecule is Cc1ccc(NC(=O)Nc2ccc3c(CC=Cc4ccc([N+](=O)[O-])cc4)n[nH]c(=O)c3c2)cc1. The first-order valence-electron chi connectivity index (χ1n) is 10.5. The lowest BCUT2D eigenvalue weighted by Gasteiger charge is -2.09. The van der Waals surface area contributed by atoms with E-state index < -0.39 is 11.0 Å². The second kappa shape index (κ2) is 9.78. The zero-order valence-electron chi connectivity index (χ0n) is 18.2. The zero-order chi connectivity index (χ0) is 24.1. The molecule has 0 unspecified atom stereocenters. The molecule has 0 radical (unpaired) electrons. The van der Waals surface area contributed by atoms with Crippen molar-refractivity contribution in [2.24, 2.45) is 0 Å². The number of anilines is 2. The van der Waals surface area contributed by atoms with Crippen LogP contribution in [0.5, 0.6) is 0 Å². The topological polar surface area (TPSA) is 130 Å². The van der Waals surface area contributed by atoms with Crippen LogP contribution in [-0.2, 0) is 6.42 Å². The number of aromatic nitrogens is 2. The van der Waals surface area contributed by atoms with Crippen molar-refractivity contribution in [3.8, 4) is 0 Å². The second-order valence-electron chi connectivity index (χ2n) is 7.66. The Bertz CT molecular complexity index is 1440. The molecule has 0 aliphatic carbocycles. The van der Waals surface area contributed by atoms with Crippen LogP contribution >= 0.6 is 0 Å². The highest BCUT2D eigenvalue weighted by Crippen LogP contribution is 2.20. The first-order chi connectivity index (χ1) is 16.4. The molecule has 4 aromatic rings. The van der Waals surface area contributed by atoms with E-state index in [0.29, 0.717) is 34.3 Å². The molecule has 4 rings (SSSR count). The maximum atomic E-state index is 12.4. The van der Waals surface area contributed by atoms with Gasteiger partial charge in [0.05, 0.1) is 16.0 Å². The van der Waals surface area contributed by atoms with Gasteiger partial charge in [0.25, 0.3) is 11.2 Å². The number of urea groups is 1. The fourth-order valence-corrected chi connectivity index (χ4v) is 3.40. The number of nitrogens with zero attached hydrogens (tertiary/aromatic N) is 2. The monoisotopic (exact) mass is 455 g/mol. The van der Waals surface area contributed by atoms with Crippen LogP contribution in [0.4, 0.5) is 21.9 Å². The van der Waals surface area contributed by atoms with Gasteiger partial charge in [-0.2, -0.15) is 5.10 Å². The summed E-state index contributed by atoms with van der Waals surface area (Å²) in [4.78, 5) is 35.0. The predicted octanol–water partition coefficient (Wildman–Crippen LogP) is 5.04. The second-order valence-corrected chi connectivity index (χ2v) is 7.66. The number of amides is 2. The van der Waals surface area contributed by atoms with E-state index in [1.165, 1.54) is 12.1 Å². The molecule has 0 fully saturated rings. The molecule has 170 valence electrons. The van der Waals surface area contributed by atoms with E-state index in [9.17, 15) is 19.7 Å². The number of aryl methyl sites for hydroxylation is 1. The molecule has 0 bridgehead atoms. The Morgan fingerprint density at radius 3 is 2.38 bits per heavy atom. The molecular formula is C25H21N5O4. The molecule has 1 aromatic heterocycles. The lowest BCUT2D eigenvalue weighted by atomic mass is 10.1. The van der Waals surface area contributed by atoms with Gasteiger partial charge in [-0.1, -0.05) is 35.9 Å². The predicted molar refractivity (Wildman–Crippen MR) is 132 cm³/mol. The highest BCUT2D eigenvalue weighted by atomic mass is 16.6. The first kappa shape index (κ1) is 22.4. The quantitative estimate of drug-likeness (QED) is 0.277. The highest BCUT2D eigenvalue weighted by molar-refractivity contribution is 6.01. The number of carbonyl (C=O) groups is 1. The van der Waals surface area contributed by atoms with Crippen LogP contribution in [0.1, 0.15) is 16.8 Å². The summed E-state index contributed by atoms with van der Waals surface area (Å²) in [6.07, 6.45) is 4.13. The fraction of sp³-hybridized carbons (Fsp3) is 0.0800. The zero-order valence-corrected chi connectivity index (χ0v) is 18.2. The Kier molecular flexibility index (Phi) is 6.45. The number of fused-ring (bicyclic) bond motifs is 1. The molecule has 34 heavy (non-hydrogen) atoms. The average Bonchev–Trinajstić information content (AvgIpc) is 2.82. The third kappa shape index (κ3) is 5.33. The van der Waals surface area contributed by atoms with Crippen molar-refractivity contribution in [1.82, 2.24) is 10.2 Å². The fourth-order valence-electron chi connectivity index (χ4n) is 3.40. The minimum absolute atomic E-state index is 0.0300. The van der Waals surface area contributed by atoms with Gasteiger partial charge in [0.1, 0.15) is 0 Å². The Morgan fingerprint density at radius 1 is 1.00 bits per heavy atom. The number of nitro benzene ring substituents is 1. The summed E-state index contributed by atoms with van der Waals surface area (Å²) >= 11 is 0. The van der Waals surface area contributed by atoms with Crippen molar-refractivity contribution < 1.29 is 9.72 Å². The molecule has 3 N–H and O–H groups in total. The minimum atomic E-state index is -0.445. The molecule has 0 spiro atoms. The highest BCUT2D eigenvalue weighted by Gasteiger charge is 2.09. The van der Waals surface area contributed by atoms with Gasteiger partial charge in [-0.25, -0.2) is 9.89 Å². The number of hydrogen-bond acceptors (Lipinski definition) is 5. The number of hydrogen-bond donors (Lipinski definition) is 3. The summed E-state index contributed by atoms with van der Waals surface area (Å²) in [5.74, 6) is 0.